The van der Waals surface area contributed by atoms with Crippen LogP contribution in [0, 0.1) is 11.3 Å². The lowest BCUT2D eigenvalue weighted by atomic mass is 10.2. The Morgan fingerprint density at radius 3 is 2.73 bits per heavy atom. The number of ether oxygens (including phenoxy) is 1. The summed E-state index contributed by atoms with van der Waals surface area (Å²) in [5, 5.41) is 11.9. The van der Waals surface area contributed by atoms with E-state index < -0.39 is 5.91 Å². The highest BCUT2D eigenvalue weighted by Gasteiger charge is 2.24. The number of carbonyl (C=O) groups is 2. The quantitative estimate of drug-likeness (QED) is 0.671. The number of nitrogens with zero attached hydrogens (tertiary/aromatic N) is 2. The summed E-state index contributed by atoms with van der Waals surface area (Å²) in [4.78, 5) is 26.4. The highest BCUT2D eigenvalue weighted by atomic mass is 16.5. The topological polar surface area (TPSA) is 95.6 Å². The standard InChI is InChI=1S/C23H19N3O4/c24-14-16-6-1-4-9-20(16)29-15-17-11-12-21(30-17)23(28)25-18-7-2-3-8-19(18)26-13-5-10-22(26)27/h1-4,6-9,11-12H,5,10,13,15H2,(H,25,28). The lowest BCUT2D eigenvalue weighted by Crippen LogP contribution is -2.25. The average molecular weight is 401 g/mol. The molecule has 2 amide bonds. The van der Waals surface area contributed by atoms with Crippen LogP contribution in [-0.4, -0.2) is 18.4 Å². The van der Waals surface area contributed by atoms with E-state index in [1.807, 2.05) is 12.1 Å². The van der Waals surface area contributed by atoms with Gasteiger partial charge in [0.05, 0.1) is 16.9 Å². The number of benzene rings is 2. The molecule has 4 rings (SSSR count). The van der Waals surface area contributed by atoms with Gasteiger partial charge in [-0.2, -0.15) is 5.26 Å². The summed E-state index contributed by atoms with van der Waals surface area (Å²) in [5.74, 6) is 0.664. The molecule has 1 aliphatic heterocycles. The van der Waals surface area contributed by atoms with Crippen molar-refractivity contribution in [3.8, 4) is 11.8 Å². The van der Waals surface area contributed by atoms with E-state index in [9.17, 15) is 9.59 Å². The molecule has 1 N–H and O–H groups in total. The zero-order valence-corrected chi connectivity index (χ0v) is 16.1. The molecule has 0 spiro atoms. The van der Waals surface area contributed by atoms with E-state index in [2.05, 4.69) is 11.4 Å². The molecule has 1 saturated heterocycles. The Bertz CT molecular complexity index is 1130. The molecule has 0 aliphatic carbocycles. The third-order valence-corrected chi connectivity index (χ3v) is 4.78. The maximum Gasteiger partial charge on any atom is 0.291 e. The molecular formula is C23H19N3O4. The second-order valence-corrected chi connectivity index (χ2v) is 6.78. The van der Waals surface area contributed by atoms with Crippen LogP contribution in [-0.2, 0) is 11.4 Å². The summed E-state index contributed by atoms with van der Waals surface area (Å²) >= 11 is 0. The lowest BCUT2D eigenvalue weighted by molar-refractivity contribution is -0.117. The smallest absolute Gasteiger partial charge is 0.291 e. The van der Waals surface area contributed by atoms with Crippen LogP contribution in [0.1, 0.15) is 34.7 Å². The Kier molecular flexibility index (Phi) is 5.48. The Labute approximate surface area is 173 Å². The monoisotopic (exact) mass is 401 g/mol. The van der Waals surface area contributed by atoms with E-state index in [4.69, 9.17) is 14.4 Å². The molecule has 0 saturated carbocycles. The normalized spacial score (nSPS) is 13.2. The van der Waals surface area contributed by atoms with Crippen molar-refractivity contribution >= 4 is 23.2 Å². The van der Waals surface area contributed by atoms with Gasteiger partial charge in [-0.15, -0.1) is 0 Å². The van der Waals surface area contributed by atoms with Crippen molar-refractivity contribution in [2.24, 2.45) is 0 Å². The largest absolute Gasteiger partial charge is 0.484 e. The van der Waals surface area contributed by atoms with Gasteiger partial charge in [-0.05, 0) is 42.8 Å². The molecular weight excluding hydrogens is 382 g/mol. The molecule has 1 aliphatic rings. The maximum absolute atomic E-state index is 12.7. The van der Waals surface area contributed by atoms with Gasteiger partial charge in [0, 0.05) is 13.0 Å². The lowest BCUT2D eigenvalue weighted by Gasteiger charge is -2.19. The average Bonchev–Trinajstić information content (AvgIpc) is 3.42. The summed E-state index contributed by atoms with van der Waals surface area (Å²) in [6.07, 6.45) is 1.32. The van der Waals surface area contributed by atoms with Crippen LogP contribution in [0.3, 0.4) is 0 Å². The summed E-state index contributed by atoms with van der Waals surface area (Å²) in [7, 11) is 0. The Morgan fingerprint density at radius 1 is 1.13 bits per heavy atom. The molecule has 2 aromatic carbocycles. The summed E-state index contributed by atoms with van der Waals surface area (Å²) < 4.78 is 11.2. The molecule has 0 radical (unpaired) electrons. The number of rotatable bonds is 6. The highest BCUT2D eigenvalue weighted by molar-refractivity contribution is 6.06. The van der Waals surface area contributed by atoms with Crippen LogP contribution < -0.4 is 15.0 Å². The second kappa shape index (κ2) is 8.53. The number of amides is 2. The molecule has 30 heavy (non-hydrogen) atoms. The zero-order chi connectivity index (χ0) is 20.9. The van der Waals surface area contributed by atoms with Crippen LogP contribution in [0.5, 0.6) is 5.75 Å². The Morgan fingerprint density at radius 2 is 1.93 bits per heavy atom. The van der Waals surface area contributed by atoms with Crippen LogP contribution in [0.4, 0.5) is 11.4 Å². The first-order valence-corrected chi connectivity index (χ1v) is 9.57. The van der Waals surface area contributed by atoms with E-state index in [0.717, 1.165) is 6.42 Å². The van der Waals surface area contributed by atoms with Crippen LogP contribution in [0.2, 0.25) is 0 Å². The molecule has 1 aromatic heterocycles. The van der Waals surface area contributed by atoms with Crippen molar-refractivity contribution in [1.82, 2.24) is 0 Å². The number of furan rings is 1. The molecule has 0 atom stereocenters. The van der Waals surface area contributed by atoms with Gasteiger partial charge in [-0.3, -0.25) is 9.59 Å². The van der Waals surface area contributed by atoms with Crippen molar-refractivity contribution in [2.45, 2.75) is 19.4 Å². The van der Waals surface area contributed by atoms with Gasteiger partial charge in [0.25, 0.3) is 5.91 Å². The van der Waals surface area contributed by atoms with Gasteiger partial charge >= 0.3 is 0 Å². The number of hydrogen-bond acceptors (Lipinski definition) is 5. The maximum atomic E-state index is 12.7. The molecule has 0 unspecified atom stereocenters. The van der Waals surface area contributed by atoms with E-state index in [-0.39, 0.29) is 18.3 Å². The van der Waals surface area contributed by atoms with Gasteiger partial charge in [-0.25, -0.2) is 0 Å². The fourth-order valence-electron chi connectivity index (χ4n) is 3.31. The third kappa shape index (κ3) is 4.03. The summed E-state index contributed by atoms with van der Waals surface area (Å²) in [6.45, 7) is 0.725. The van der Waals surface area contributed by atoms with Gasteiger partial charge < -0.3 is 19.4 Å². The van der Waals surface area contributed by atoms with Gasteiger partial charge in [0.15, 0.2) is 5.76 Å². The molecule has 0 bridgehead atoms. The van der Waals surface area contributed by atoms with Gasteiger partial charge in [0.2, 0.25) is 5.91 Å². The molecule has 1 fully saturated rings. The van der Waals surface area contributed by atoms with Crippen LogP contribution in [0.25, 0.3) is 0 Å². The van der Waals surface area contributed by atoms with Gasteiger partial charge in [0.1, 0.15) is 24.2 Å². The van der Waals surface area contributed by atoms with Gasteiger partial charge in [-0.1, -0.05) is 24.3 Å². The number of anilines is 2. The molecule has 2 heterocycles. The van der Waals surface area contributed by atoms with E-state index in [1.54, 1.807) is 53.4 Å². The number of nitriles is 1. The molecule has 7 nitrogen and oxygen atoms in total. The molecule has 150 valence electrons. The van der Waals surface area contributed by atoms with Crippen LogP contribution in [0.15, 0.2) is 65.1 Å². The number of nitrogens with one attached hydrogen (secondary N) is 1. The molecule has 7 heteroatoms. The van der Waals surface area contributed by atoms with Crippen molar-refractivity contribution < 1.29 is 18.7 Å². The minimum Gasteiger partial charge on any atom is -0.484 e. The van der Waals surface area contributed by atoms with Crippen LogP contribution >= 0.6 is 0 Å². The highest BCUT2D eigenvalue weighted by Crippen LogP contribution is 2.30. The van der Waals surface area contributed by atoms with Crippen molar-refractivity contribution in [3.05, 3.63) is 77.7 Å². The number of para-hydroxylation sites is 3. The molecule has 3 aromatic rings. The third-order valence-electron chi connectivity index (χ3n) is 4.78. The van der Waals surface area contributed by atoms with E-state index in [1.165, 1.54) is 0 Å². The first-order chi connectivity index (χ1) is 14.7. The van der Waals surface area contributed by atoms with Crippen molar-refractivity contribution in [3.63, 3.8) is 0 Å². The first-order valence-electron chi connectivity index (χ1n) is 9.57. The Hall–Kier alpha value is -4.05. The predicted molar refractivity (Wildman–Crippen MR) is 110 cm³/mol. The summed E-state index contributed by atoms with van der Waals surface area (Å²) in [5.41, 5.74) is 1.65. The Balaban J connectivity index is 1.44. The fourth-order valence-corrected chi connectivity index (χ4v) is 3.31. The van der Waals surface area contributed by atoms with Crippen molar-refractivity contribution in [1.29, 1.82) is 5.26 Å². The summed E-state index contributed by atoms with van der Waals surface area (Å²) in [6, 6.07) is 19.4. The SMILES string of the molecule is N#Cc1ccccc1OCc1ccc(C(=O)Nc2ccccc2N2CCCC2=O)o1. The number of carbonyl (C=O) groups excluding carboxylic acids is 2. The zero-order valence-electron chi connectivity index (χ0n) is 16.1. The van der Waals surface area contributed by atoms with E-state index in [0.29, 0.717) is 41.4 Å². The fraction of sp³-hybridized carbons (Fsp3) is 0.174. The van der Waals surface area contributed by atoms with E-state index >= 15 is 0 Å². The predicted octanol–water partition coefficient (Wildman–Crippen LogP) is 4.11. The second-order valence-electron chi connectivity index (χ2n) is 6.78. The minimum atomic E-state index is -0.419. The minimum absolute atomic E-state index is 0.0479. The first kappa shape index (κ1) is 19.3. The van der Waals surface area contributed by atoms with Crippen molar-refractivity contribution in [2.75, 3.05) is 16.8 Å². The number of hydrogen-bond donors (Lipinski definition) is 1.